The molecule has 22 heavy (non-hydrogen) atoms. The third-order valence-corrected chi connectivity index (χ3v) is 4.45. The van der Waals surface area contributed by atoms with E-state index < -0.39 is 11.9 Å². The van der Waals surface area contributed by atoms with Crippen LogP contribution in [0.25, 0.3) is 0 Å². The predicted molar refractivity (Wildman–Crippen MR) is 87.2 cm³/mol. The second kappa shape index (κ2) is 6.51. The van der Waals surface area contributed by atoms with Gasteiger partial charge in [-0.15, -0.1) is 0 Å². The molecule has 1 aromatic carbocycles. The van der Waals surface area contributed by atoms with Gasteiger partial charge in [0, 0.05) is 17.5 Å². The van der Waals surface area contributed by atoms with Gasteiger partial charge in [0.2, 0.25) is 5.91 Å². The Morgan fingerprint density at radius 3 is 2.73 bits per heavy atom. The van der Waals surface area contributed by atoms with E-state index in [0.29, 0.717) is 12.8 Å². The number of fused-ring (bicyclic) bond motifs is 1. The zero-order chi connectivity index (χ0) is 16.3. The molecule has 1 aromatic rings. The van der Waals surface area contributed by atoms with Crippen LogP contribution in [-0.2, 0) is 15.0 Å². The van der Waals surface area contributed by atoms with Crippen LogP contribution < -0.4 is 5.32 Å². The van der Waals surface area contributed by atoms with E-state index in [4.69, 9.17) is 0 Å². The van der Waals surface area contributed by atoms with Gasteiger partial charge in [0.25, 0.3) is 0 Å². The Hall–Kier alpha value is -1.84. The number of carbonyl (C=O) groups is 2. The molecule has 0 aromatic heterocycles. The van der Waals surface area contributed by atoms with Crippen LogP contribution in [0.5, 0.6) is 0 Å². The van der Waals surface area contributed by atoms with Crippen molar-refractivity contribution < 1.29 is 14.7 Å². The van der Waals surface area contributed by atoms with Gasteiger partial charge in [-0.05, 0) is 23.6 Å². The lowest BCUT2D eigenvalue weighted by Crippen LogP contribution is -2.32. The minimum Gasteiger partial charge on any atom is -0.481 e. The molecule has 0 radical (unpaired) electrons. The van der Waals surface area contributed by atoms with Crippen molar-refractivity contribution >= 4 is 17.6 Å². The summed E-state index contributed by atoms with van der Waals surface area (Å²) in [5.41, 5.74) is 2.41. The first-order chi connectivity index (χ1) is 10.3. The van der Waals surface area contributed by atoms with Gasteiger partial charge in [0.1, 0.15) is 0 Å². The fourth-order valence-electron chi connectivity index (χ4n) is 3.19. The summed E-state index contributed by atoms with van der Waals surface area (Å²) in [4.78, 5) is 23.4. The summed E-state index contributed by atoms with van der Waals surface area (Å²) in [6.07, 6.45) is 4.11. The third-order valence-electron chi connectivity index (χ3n) is 4.45. The maximum absolute atomic E-state index is 11.8. The molecular formula is C18H25NO3. The number of hydrogen-bond donors (Lipinski definition) is 2. The van der Waals surface area contributed by atoms with Gasteiger partial charge in [0.15, 0.2) is 0 Å². The standard InChI is InChI=1S/C18H25NO3/c1-4-5-6-7-13(17(21)22)12-8-9-14-15(10-12)19-16(20)11-18(14,2)3/h8-10,13H,4-7,11H2,1-3H3,(H,19,20)(H,21,22). The van der Waals surface area contributed by atoms with Crippen LogP contribution >= 0.6 is 0 Å². The first-order valence-electron chi connectivity index (χ1n) is 8.02. The molecule has 1 amide bonds. The normalized spacial score (nSPS) is 17.5. The highest BCUT2D eigenvalue weighted by molar-refractivity contribution is 5.95. The van der Waals surface area contributed by atoms with Gasteiger partial charge in [-0.2, -0.15) is 0 Å². The first kappa shape index (κ1) is 16.5. The number of rotatable bonds is 6. The maximum Gasteiger partial charge on any atom is 0.310 e. The monoisotopic (exact) mass is 303 g/mol. The molecule has 2 N–H and O–H groups in total. The summed E-state index contributed by atoms with van der Waals surface area (Å²) in [6.45, 7) is 6.19. The Labute approximate surface area is 131 Å². The van der Waals surface area contributed by atoms with Crippen molar-refractivity contribution in [3.63, 3.8) is 0 Å². The molecule has 0 bridgehead atoms. The fraction of sp³-hybridized carbons (Fsp3) is 0.556. The van der Waals surface area contributed by atoms with Crippen molar-refractivity contribution in [3.8, 4) is 0 Å². The number of unbranched alkanes of at least 4 members (excludes halogenated alkanes) is 2. The van der Waals surface area contributed by atoms with E-state index in [0.717, 1.165) is 36.1 Å². The third kappa shape index (κ3) is 3.49. The molecule has 0 aliphatic carbocycles. The second-order valence-electron chi connectivity index (χ2n) is 6.80. The van der Waals surface area contributed by atoms with E-state index in [2.05, 4.69) is 12.2 Å². The van der Waals surface area contributed by atoms with E-state index in [9.17, 15) is 14.7 Å². The molecular weight excluding hydrogens is 278 g/mol. The largest absolute Gasteiger partial charge is 0.481 e. The van der Waals surface area contributed by atoms with Crippen molar-refractivity contribution in [2.75, 3.05) is 5.32 Å². The average molecular weight is 303 g/mol. The van der Waals surface area contributed by atoms with Crippen LogP contribution in [0.2, 0.25) is 0 Å². The van der Waals surface area contributed by atoms with Gasteiger partial charge in [0.05, 0.1) is 5.92 Å². The molecule has 1 aliphatic rings. The molecule has 4 heteroatoms. The van der Waals surface area contributed by atoms with Crippen molar-refractivity contribution in [1.82, 2.24) is 0 Å². The minimum atomic E-state index is -0.794. The molecule has 0 saturated heterocycles. The Bertz CT molecular complexity index is 578. The lowest BCUT2D eigenvalue weighted by molar-refractivity contribution is -0.139. The molecule has 1 unspecified atom stereocenters. The smallest absolute Gasteiger partial charge is 0.310 e. The summed E-state index contributed by atoms with van der Waals surface area (Å²) >= 11 is 0. The SMILES string of the molecule is CCCCCC(C(=O)O)c1ccc2c(c1)NC(=O)CC2(C)C. The van der Waals surface area contributed by atoms with Crippen LogP contribution in [0.4, 0.5) is 5.69 Å². The Morgan fingerprint density at radius 2 is 2.09 bits per heavy atom. The van der Waals surface area contributed by atoms with E-state index in [1.165, 1.54) is 0 Å². The summed E-state index contributed by atoms with van der Waals surface area (Å²) < 4.78 is 0. The number of hydrogen-bond acceptors (Lipinski definition) is 2. The number of aliphatic carboxylic acids is 1. The minimum absolute atomic E-state index is 0.00694. The molecule has 0 saturated carbocycles. The maximum atomic E-state index is 11.8. The quantitative estimate of drug-likeness (QED) is 0.779. The number of anilines is 1. The number of amides is 1. The van der Waals surface area contributed by atoms with Gasteiger partial charge in [-0.25, -0.2) is 0 Å². The van der Waals surface area contributed by atoms with Crippen LogP contribution in [0.15, 0.2) is 18.2 Å². The average Bonchev–Trinajstić information content (AvgIpc) is 2.41. The first-order valence-corrected chi connectivity index (χ1v) is 8.02. The summed E-state index contributed by atoms with van der Waals surface area (Å²) in [6, 6.07) is 5.72. The number of carboxylic acid groups (broad SMARTS) is 1. The zero-order valence-corrected chi connectivity index (χ0v) is 13.6. The van der Waals surface area contributed by atoms with Gasteiger partial charge < -0.3 is 10.4 Å². The van der Waals surface area contributed by atoms with Crippen LogP contribution in [0, 0.1) is 0 Å². The fourth-order valence-corrected chi connectivity index (χ4v) is 3.19. The van der Waals surface area contributed by atoms with E-state index in [-0.39, 0.29) is 11.3 Å². The van der Waals surface area contributed by atoms with Gasteiger partial charge >= 0.3 is 5.97 Å². The Kier molecular flexibility index (Phi) is 4.89. The topological polar surface area (TPSA) is 66.4 Å². The van der Waals surface area contributed by atoms with Gasteiger partial charge in [-0.1, -0.05) is 52.2 Å². The molecule has 1 heterocycles. The molecule has 1 atom stereocenters. The van der Waals surface area contributed by atoms with Crippen molar-refractivity contribution in [2.24, 2.45) is 0 Å². The highest BCUT2D eigenvalue weighted by Gasteiger charge is 2.32. The lowest BCUT2D eigenvalue weighted by atomic mass is 9.77. The zero-order valence-electron chi connectivity index (χ0n) is 13.6. The molecule has 2 rings (SSSR count). The summed E-state index contributed by atoms with van der Waals surface area (Å²) in [5.74, 6) is -1.30. The molecule has 1 aliphatic heterocycles. The van der Waals surface area contributed by atoms with Crippen molar-refractivity contribution in [3.05, 3.63) is 29.3 Å². The predicted octanol–water partition coefficient (Wildman–Crippen LogP) is 4.05. The lowest BCUT2D eigenvalue weighted by Gasteiger charge is -2.32. The molecule has 0 spiro atoms. The van der Waals surface area contributed by atoms with Crippen molar-refractivity contribution in [1.29, 1.82) is 0 Å². The highest BCUT2D eigenvalue weighted by Crippen LogP contribution is 2.39. The van der Waals surface area contributed by atoms with Gasteiger partial charge in [-0.3, -0.25) is 9.59 Å². The molecule has 4 nitrogen and oxygen atoms in total. The number of carbonyl (C=O) groups excluding carboxylic acids is 1. The number of nitrogens with one attached hydrogen (secondary N) is 1. The number of carboxylic acids is 1. The highest BCUT2D eigenvalue weighted by atomic mass is 16.4. The van der Waals surface area contributed by atoms with Crippen molar-refractivity contribution in [2.45, 2.75) is 64.2 Å². The Morgan fingerprint density at radius 1 is 1.36 bits per heavy atom. The summed E-state index contributed by atoms with van der Waals surface area (Å²) in [5, 5.41) is 12.4. The molecule has 120 valence electrons. The van der Waals surface area contributed by atoms with E-state index in [1.54, 1.807) is 0 Å². The molecule has 0 fully saturated rings. The Balaban J connectivity index is 2.30. The summed E-state index contributed by atoms with van der Waals surface area (Å²) in [7, 11) is 0. The van der Waals surface area contributed by atoms with Crippen LogP contribution in [-0.4, -0.2) is 17.0 Å². The second-order valence-corrected chi connectivity index (χ2v) is 6.80. The van der Waals surface area contributed by atoms with Crippen LogP contribution in [0.1, 0.15) is 69.9 Å². The van der Waals surface area contributed by atoms with E-state index in [1.807, 2.05) is 32.0 Å². The van der Waals surface area contributed by atoms with E-state index >= 15 is 0 Å². The van der Waals surface area contributed by atoms with Crippen LogP contribution in [0.3, 0.4) is 0 Å². The number of benzene rings is 1.